The number of para-hydroxylation sites is 2. The molecular weight excluding hydrogens is 486 g/mol. The number of sulfonamides is 1. The number of carbonyl (C=O) groups is 2. The molecular formula is C26H28ClN3O4S. The molecule has 0 bridgehead atoms. The van der Waals surface area contributed by atoms with E-state index in [1.165, 1.54) is 24.3 Å². The third kappa shape index (κ3) is 6.01. The third-order valence-electron chi connectivity index (χ3n) is 5.56. The molecule has 7 nitrogen and oxygen atoms in total. The Hall–Kier alpha value is -3.36. The van der Waals surface area contributed by atoms with Crippen molar-refractivity contribution < 1.29 is 18.0 Å². The van der Waals surface area contributed by atoms with Crippen molar-refractivity contribution in [3.05, 3.63) is 88.9 Å². The lowest BCUT2D eigenvalue weighted by molar-refractivity contribution is -0.114. The van der Waals surface area contributed by atoms with Crippen molar-refractivity contribution in [3.63, 3.8) is 0 Å². The number of hydrogen-bond donors (Lipinski definition) is 1. The number of rotatable bonds is 9. The zero-order valence-electron chi connectivity index (χ0n) is 19.9. The smallest absolute Gasteiger partial charge is 0.264 e. The number of anilines is 2. The summed E-state index contributed by atoms with van der Waals surface area (Å²) in [4.78, 5) is 27.7. The Bertz CT molecular complexity index is 1310. The Kier molecular flexibility index (Phi) is 8.53. The monoisotopic (exact) mass is 513 g/mol. The summed E-state index contributed by atoms with van der Waals surface area (Å²) in [6.45, 7) is 6.10. The number of hydrogen-bond acceptors (Lipinski definition) is 4. The highest BCUT2D eigenvalue weighted by Crippen LogP contribution is 2.28. The highest BCUT2D eigenvalue weighted by Gasteiger charge is 2.29. The fourth-order valence-electron chi connectivity index (χ4n) is 3.66. The molecule has 0 atom stereocenters. The average molecular weight is 514 g/mol. The first-order valence-electron chi connectivity index (χ1n) is 11.2. The minimum absolute atomic E-state index is 0.00932. The van der Waals surface area contributed by atoms with Gasteiger partial charge in [-0.2, -0.15) is 0 Å². The predicted octanol–water partition coefficient (Wildman–Crippen LogP) is 4.96. The van der Waals surface area contributed by atoms with Crippen LogP contribution in [0.15, 0.2) is 77.7 Å². The number of halogens is 1. The van der Waals surface area contributed by atoms with Crippen LogP contribution in [0.1, 0.15) is 29.8 Å². The summed E-state index contributed by atoms with van der Waals surface area (Å²) in [5.74, 6) is -0.791. The van der Waals surface area contributed by atoms with Crippen LogP contribution in [0, 0.1) is 6.92 Å². The molecule has 0 saturated carbocycles. The quantitative estimate of drug-likeness (QED) is 0.438. The van der Waals surface area contributed by atoms with Crippen LogP contribution < -0.4 is 9.62 Å². The van der Waals surface area contributed by atoms with E-state index in [1.54, 1.807) is 60.4 Å². The van der Waals surface area contributed by atoms with Crippen LogP contribution in [-0.4, -0.2) is 44.8 Å². The van der Waals surface area contributed by atoms with Gasteiger partial charge < -0.3 is 10.2 Å². The molecule has 0 aliphatic rings. The molecule has 1 N–H and O–H groups in total. The van der Waals surface area contributed by atoms with Crippen molar-refractivity contribution in [2.24, 2.45) is 0 Å². The second-order valence-corrected chi connectivity index (χ2v) is 10.1. The lowest BCUT2D eigenvalue weighted by Crippen LogP contribution is -2.39. The highest BCUT2D eigenvalue weighted by molar-refractivity contribution is 7.92. The zero-order valence-corrected chi connectivity index (χ0v) is 21.4. The number of benzene rings is 3. The number of nitrogens with zero attached hydrogens (tertiary/aromatic N) is 2. The SMILES string of the molecule is CCN(CC)C(=O)c1ccccc1NC(=O)CN(c1ccccc1C)S(=O)(=O)c1ccc(Cl)cc1. The van der Waals surface area contributed by atoms with E-state index < -0.39 is 22.5 Å². The Labute approximate surface area is 211 Å². The molecule has 0 spiro atoms. The summed E-state index contributed by atoms with van der Waals surface area (Å²) in [5, 5.41) is 3.13. The molecule has 0 heterocycles. The van der Waals surface area contributed by atoms with Crippen LogP contribution in [0.2, 0.25) is 5.02 Å². The van der Waals surface area contributed by atoms with Gasteiger partial charge in [0, 0.05) is 18.1 Å². The maximum Gasteiger partial charge on any atom is 0.264 e. The van der Waals surface area contributed by atoms with Crippen molar-refractivity contribution in [1.29, 1.82) is 0 Å². The second kappa shape index (κ2) is 11.4. The lowest BCUT2D eigenvalue weighted by Gasteiger charge is -2.26. The van der Waals surface area contributed by atoms with Crippen LogP contribution in [0.4, 0.5) is 11.4 Å². The van der Waals surface area contributed by atoms with E-state index in [0.717, 1.165) is 4.31 Å². The largest absolute Gasteiger partial charge is 0.339 e. The fourth-order valence-corrected chi connectivity index (χ4v) is 5.27. The van der Waals surface area contributed by atoms with Gasteiger partial charge in [-0.3, -0.25) is 13.9 Å². The maximum atomic E-state index is 13.6. The van der Waals surface area contributed by atoms with Gasteiger partial charge in [0.1, 0.15) is 6.54 Å². The van der Waals surface area contributed by atoms with Gasteiger partial charge in [-0.15, -0.1) is 0 Å². The van der Waals surface area contributed by atoms with Gasteiger partial charge in [0.25, 0.3) is 15.9 Å². The molecule has 0 aromatic heterocycles. The third-order valence-corrected chi connectivity index (χ3v) is 7.58. The van der Waals surface area contributed by atoms with Crippen molar-refractivity contribution in [2.45, 2.75) is 25.7 Å². The first-order valence-corrected chi connectivity index (χ1v) is 13.0. The Morgan fingerprint density at radius 1 is 0.886 bits per heavy atom. The first kappa shape index (κ1) is 26.2. The molecule has 2 amide bonds. The molecule has 0 saturated heterocycles. The van der Waals surface area contributed by atoms with Gasteiger partial charge in [0.05, 0.1) is 21.8 Å². The summed E-state index contributed by atoms with van der Waals surface area (Å²) in [6.07, 6.45) is 0. The molecule has 184 valence electrons. The van der Waals surface area contributed by atoms with Crippen LogP contribution in [-0.2, 0) is 14.8 Å². The van der Waals surface area contributed by atoms with E-state index in [-0.39, 0.29) is 10.8 Å². The van der Waals surface area contributed by atoms with Crippen LogP contribution in [0.3, 0.4) is 0 Å². The Morgan fingerprint density at radius 3 is 2.11 bits per heavy atom. The van der Waals surface area contributed by atoms with Crippen LogP contribution >= 0.6 is 11.6 Å². The van der Waals surface area contributed by atoms with Crippen molar-refractivity contribution >= 4 is 44.8 Å². The fraction of sp³-hybridized carbons (Fsp3) is 0.231. The minimum Gasteiger partial charge on any atom is -0.339 e. The van der Waals surface area contributed by atoms with Crippen molar-refractivity contribution in [2.75, 3.05) is 29.3 Å². The van der Waals surface area contributed by atoms with Gasteiger partial charge >= 0.3 is 0 Å². The van der Waals surface area contributed by atoms with E-state index >= 15 is 0 Å². The number of aryl methyl sites for hydroxylation is 1. The van der Waals surface area contributed by atoms with Gasteiger partial charge in [-0.1, -0.05) is 41.9 Å². The van der Waals surface area contributed by atoms with Gasteiger partial charge in [-0.25, -0.2) is 8.42 Å². The summed E-state index contributed by atoms with van der Waals surface area (Å²) in [5.41, 5.74) is 1.73. The molecule has 0 aliphatic carbocycles. The standard InChI is InChI=1S/C26H28ClN3O4S/c1-4-29(5-2)26(32)22-11-7-8-12-23(22)28-25(31)18-30(24-13-9-6-10-19(24)3)35(33,34)21-16-14-20(27)15-17-21/h6-17H,4-5,18H2,1-3H3,(H,28,31). The number of amides is 2. The molecule has 0 aliphatic heterocycles. The second-order valence-electron chi connectivity index (χ2n) is 7.82. The maximum absolute atomic E-state index is 13.6. The molecule has 3 aromatic carbocycles. The van der Waals surface area contributed by atoms with Crippen LogP contribution in [0.5, 0.6) is 0 Å². The predicted molar refractivity (Wildman–Crippen MR) is 139 cm³/mol. The van der Waals surface area contributed by atoms with Crippen LogP contribution in [0.25, 0.3) is 0 Å². The topological polar surface area (TPSA) is 86.8 Å². The summed E-state index contributed by atoms with van der Waals surface area (Å²) >= 11 is 5.94. The van der Waals surface area contributed by atoms with Crippen molar-refractivity contribution in [3.8, 4) is 0 Å². The van der Waals surface area contributed by atoms with Gasteiger partial charge in [0.15, 0.2) is 0 Å². The molecule has 3 aromatic rings. The Balaban J connectivity index is 1.96. The molecule has 0 fully saturated rings. The molecule has 0 radical (unpaired) electrons. The van der Waals surface area contributed by atoms with Gasteiger partial charge in [-0.05, 0) is 68.8 Å². The highest BCUT2D eigenvalue weighted by atomic mass is 35.5. The lowest BCUT2D eigenvalue weighted by atomic mass is 10.1. The zero-order chi connectivity index (χ0) is 25.6. The van der Waals surface area contributed by atoms with E-state index in [1.807, 2.05) is 13.8 Å². The first-order chi connectivity index (χ1) is 16.7. The van der Waals surface area contributed by atoms with E-state index in [4.69, 9.17) is 11.6 Å². The average Bonchev–Trinajstić information content (AvgIpc) is 2.84. The van der Waals surface area contributed by atoms with Gasteiger partial charge in [0.2, 0.25) is 5.91 Å². The van der Waals surface area contributed by atoms with E-state index in [9.17, 15) is 18.0 Å². The summed E-state index contributed by atoms with van der Waals surface area (Å²) in [7, 11) is -4.09. The normalized spacial score (nSPS) is 11.1. The number of nitrogens with one attached hydrogen (secondary N) is 1. The van der Waals surface area contributed by atoms with E-state index in [2.05, 4.69) is 5.32 Å². The minimum atomic E-state index is -4.09. The summed E-state index contributed by atoms with van der Waals surface area (Å²) in [6, 6.07) is 19.4. The molecule has 3 rings (SSSR count). The molecule has 35 heavy (non-hydrogen) atoms. The molecule has 9 heteroatoms. The summed E-state index contributed by atoms with van der Waals surface area (Å²) < 4.78 is 28.2. The van der Waals surface area contributed by atoms with E-state index in [0.29, 0.717) is 40.6 Å². The Morgan fingerprint density at radius 2 is 1.49 bits per heavy atom. The molecule has 0 unspecified atom stereocenters. The number of carbonyl (C=O) groups excluding carboxylic acids is 2. The van der Waals surface area contributed by atoms with Crippen molar-refractivity contribution in [1.82, 2.24) is 4.90 Å².